The smallest absolute Gasteiger partial charge is 0.316 e. The van der Waals surface area contributed by atoms with Crippen molar-refractivity contribution in [2.45, 2.75) is 13.5 Å². The zero-order valence-electron chi connectivity index (χ0n) is 13.1. The molecule has 0 bridgehead atoms. The van der Waals surface area contributed by atoms with Crippen LogP contribution >= 0.6 is 0 Å². The maximum Gasteiger partial charge on any atom is 0.316 e. The van der Waals surface area contributed by atoms with E-state index in [0.717, 1.165) is 17.1 Å². The summed E-state index contributed by atoms with van der Waals surface area (Å²) in [4.78, 5) is 0. The first-order valence-electron chi connectivity index (χ1n) is 7.04. The standard InChI is InChI=1S/C16H17N3O4/c1-10-4-6-12(22-10)9-17-16-19-18-15(23-16)11-5-7-13(20-2)14(8-11)21-3/h4-8H,9H2,1-3H3,(H,17,19). The number of aromatic nitrogens is 2. The van der Waals surface area contributed by atoms with E-state index in [2.05, 4.69) is 15.5 Å². The molecule has 2 heterocycles. The number of hydrogen-bond acceptors (Lipinski definition) is 7. The molecule has 0 aliphatic heterocycles. The van der Waals surface area contributed by atoms with Crippen LogP contribution in [0.25, 0.3) is 11.5 Å². The Labute approximate surface area is 133 Å². The van der Waals surface area contributed by atoms with E-state index < -0.39 is 0 Å². The van der Waals surface area contributed by atoms with Gasteiger partial charge in [0.05, 0.1) is 20.8 Å². The van der Waals surface area contributed by atoms with E-state index in [9.17, 15) is 0 Å². The van der Waals surface area contributed by atoms with Crippen LogP contribution in [0.5, 0.6) is 11.5 Å². The molecule has 3 aromatic rings. The molecule has 0 amide bonds. The van der Waals surface area contributed by atoms with Crippen molar-refractivity contribution >= 4 is 6.01 Å². The maximum atomic E-state index is 5.60. The van der Waals surface area contributed by atoms with Crippen LogP contribution in [-0.4, -0.2) is 24.4 Å². The number of anilines is 1. The van der Waals surface area contributed by atoms with E-state index in [0.29, 0.717) is 29.9 Å². The van der Waals surface area contributed by atoms with Crippen molar-refractivity contribution in [3.63, 3.8) is 0 Å². The molecule has 2 aromatic heterocycles. The monoisotopic (exact) mass is 315 g/mol. The summed E-state index contributed by atoms with van der Waals surface area (Å²) in [6.45, 7) is 2.37. The van der Waals surface area contributed by atoms with Crippen LogP contribution in [0.15, 0.2) is 39.2 Å². The highest BCUT2D eigenvalue weighted by Crippen LogP contribution is 2.32. The summed E-state index contributed by atoms with van der Waals surface area (Å²) >= 11 is 0. The quantitative estimate of drug-likeness (QED) is 0.747. The maximum absolute atomic E-state index is 5.60. The minimum Gasteiger partial charge on any atom is -0.493 e. The number of ether oxygens (including phenoxy) is 2. The fraction of sp³-hybridized carbons (Fsp3) is 0.250. The predicted molar refractivity (Wildman–Crippen MR) is 83.6 cm³/mol. The van der Waals surface area contributed by atoms with Gasteiger partial charge in [-0.05, 0) is 37.3 Å². The minimum atomic E-state index is 0.323. The first-order valence-corrected chi connectivity index (χ1v) is 7.04. The van der Waals surface area contributed by atoms with E-state index >= 15 is 0 Å². The predicted octanol–water partition coefficient (Wildman–Crippen LogP) is 3.27. The zero-order chi connectivity index (χ0) is 16.2. The van der Waals surface area contributed by atoms with Gasteiger partial charge < -0.3 is 23.6 Å². The van der Waals surface area contributed by atoms with Gasteiger partial charge in [-0.25, -0.2) is 0 Å². The molecule has 7 heteroatoms. The molecule has 0 aliphatic carbocycles. The molecule has 0 radical (unpaired) electrons. The molecule has 0 saturated carbocycles. The van der Waals surface area contributed by atoms with Gasteiger partial charge in [-0.15, -0.1) is 5.10 Å². The first-order chi connectivity index (χ1) is 11.2. The summed E-state index contributed by atoms with van der Waals surface area (Å²) in [5.74, 6) is 3.29. The number of benzene rings is 1. The van der Waals surface area contributed by atoms with Gasteiger partial charge in [-0.3, -0.25) is 0 Å². The van der Waals surface area contributed by atoms with Crippen molar-refractivity contribution in [2.24, 2.45) is 0 Å². The summed E-state index contributed by atoms with van der Waals surface area (Å²) in [5, 5.41) is 11.0. The molecule has 23 heavy (non-hydrogen) atoms. The van der Waals surface area contributed by atoms with Crippen LogP contribution < -0.4 is 14.8 Å². The molecule has 0 atom stereocenters. The normalized spacial score (nSPS) is 10.6. The molecule has 1 N–H and O–H groups in total. The van der Waals surface area contributed by atoms with Crippen LogP contribution in [0.2, 0.25) is 0 Å². The molecule has 0 aliphatic rings. The molecule has 0 saturated heterocycles. The molecule has 0 unspecified atom stereocenters. The Morgan fingerprint density at radius 2 is 1.83 bits per heavy atom. The van der Waals surface area contributed by atoms with Gasteiger partial charge in [0.2, 0.25) is 5.89 Å². The number of hydrogen-bond donors (Lipinski definition) is 1. The lowest BCUT2D eigenvalue weighted by Gasteiger charge is -2.07. The largest absolute Gasteiger partial charge is 0.493 e. The third kappa shape index (κ3) is 3.28. The van der Waals surface area contributed by atoms with Crippen molar-refractivity contribution in [3.05, 3.63) is 41.9 Å². The summed E-state index contributed by atoms with van der Waals surface area (Å²) in [6, 6.07) is 9.52. The average Bonchev–Trinajstić information content (AvgIpc) is 3.21. The third-order valence-corrected chi connectivity index (χ3v) is 3.27. The molecule has 0 spiro atoms. The Hall–Kier alpha value is -2.96. The Morgan fingerprint density at radius 3 is 2.52 bits per heavy atom. The first kappa shape index (κ1) is 15.0. The number of aryl methyl sites for hydroxylation is 1. The fourth-order valence-electron chi connectivity index (χ4n) is 2.12. The van der Waals surface area contributed by atoms with Gasteiger partial charge in [0.15, 0.2) is 11.5 Å². The van der Waals surface area contributed by atoms with Gasteiger partial charge in [0.25, 0.3) is 0 Å². The summed E-state index contributed by atoms with van der Waals surface area (Å²) < 4.78 is 21.5. The Balaban J connectivity index is 1.73. The lowest BCUT2D eigenvalue weighted by Crippen LogP contribution is -1.97. The highest BCUT2D eigenvalue weighted by molar-refractivity contribution is 5.60. The van der Waals surface area contributed by atoms with Crippen LogP contribution in [-0.2, 0) is 6.54 Å². The number of furan rings is 1. The van der Waals surface area contributed by atoms with Crippen LogP contribution in [0.4, 0.5) is 6.01 Å². The van der Waals surface area contributed by atoms with E-state index in [1.54, 1.807) is 26.4 Å². The third-order valence-electron chi connectivity index (χ3n) is 3.27. The molecular formula is C16H17N3O4. The van der Waals surface area contributed by atoms with Crippen molar-refractivity contribution in [2.75, 3.05) is 19.5 Å². The molecule has 0 fully saturated rings. The molecule has 3 rings (SSSR count). The van der Waals surface area contributed by atoms with Crippen molar-refractivity contribution < 1.29 is 18.3 Å². The average molecular weight is 315 g/mol. The van der Waals surface area contributed by atoms with Gasteiger partial charge >= 0.3 is 6.01 Å². The fourth-order valence-corrected chi connectivity index (χ4v) is 2.12. The second-order valence-corrected chi connectivity index (χ2v) is 4.85. The molecule has 120 valence electrons. The van der Waals surface area contributed by atoms with E-state index in [1.165, 1.54) is 0 Å². The Kier molecular flexibility index (Phi) is 4.18. The van der Waals surface area contributed by atoms with Crippen molar-refractivity contribution in [1.29, 1.82) is 0 Å². The Morgan fingerprint density at radius 1 is 1.00 bits per heavy atom. The van der Waals surface area contributed by atoms with Crippen molar-refractivity contribution in [1.82, 2.24) is 10.2 Å². The Bertz CT molecular complexity index is 794. The summed E-state index contributed by atoms with van der Waals surface area (Å²) in [6.07, 6.45) is 0. The summed E-state index contributed by atoms with van der Waals surface area (Å²) in [5.41, 5.74) is 0.747. The highest BCUT2D eigenvalue weighted by atomic mass is 16.5. The van der Waals surface area contributed by atoms with E-state index in [4.69, 9.17) is 18.3 Å². The van der Waals surface area contributed by atoms with Gasteiger partial charge in [0.1, 0.15) is 11.5 Å². The molecule has 1 aromatic carbocycles. The van der Waals surface area contributed by atoms with Gasteiger partial charge in [0, 0.05) is 5.56 Å². The zero-order valence-corrected chi connectivity index (χ0v) is 13.1. The minimum absolute atomic E-state index is 0.323. The lowest BCUT2D eigenvalue weighted by molar-refractivity contribution is 0.355. The highest BCUT2D eigenvalue weighted by Gasteiger charge is 2.12. The summed E-state index contributed by atoms with van der Waals surface area (Å²) in [7, 11) is 3.16. The van der Waals surface area contributed by atoms with Gasteiger partial charge in [-0.2, -0.15) is 0 Å². The lowest BCUT2D eigenvalue weighted by atomic mass is 10.2. The molecular weight excluding hydrogens is 298 g/mol. The van der Waals surface area contributed by atoms with E-state index in [1.807, 2.05) is 25.1 Å². The van der Waals surface area contributed by atoms with Gasteiger partial charge in [-0.1, -0.05) is 5.10 Å². The topological polar surface area (TPSA) is 82.6 Å². The number of rotatable bonds is 6. The second-order valence-electron chi connectivity index (χ2n) is 4.85. The SMILES string of the molecule is COc1ccc(-c2nnc(NCc3ccc(C)o3)o2)cc1OC. The van der Waals surface area contributed by atoms with Crippen LogP contribution in [0.1, 0.15) is 11.5 Å². The van der Waals surface area contributed by atoms with Crippen LogP contribution in [0.3, 0.4) is 0 Å². The van der Waals surface area contributed by atoms with E-state index in [-0.39, 0.29) is 0 Å². The molecule has 7 nitrogen and oxygen atoms in total. The van der Waals surface area contributed by atoms with Crippen molar-refractivity contribution in [3.8, 4) is 23.0 Å². The number of nitrogens with zero attached hydrogens (tertiary/aromatic N) is 2. The number of nitrogens with one attached hydrogen (secondary N) is 1. The number of methoxy groups -OCH3 is 2. The van der Waals surface area contributed by atoms with Crippen LogP contribution in [0, 0.1) is 6.92 Å². The second kappa shape index (κ2) is 6.43.